The van der Waals surface area contributed by atoms with Gasteiger partial charge in [0.1, 0.15) is 5.75 Å². The highest BCUT2D eigenvalue weighted by atomic mass is 35.5. The number of nitrogens with one attached hydrogen (secondary N) is 2. The Balaban J connectivity index is 1.57. The SMILES string of the molecule is CCOc1cc(-c2ccc(Cl)cc2)nc2ccc(NC(=O)NCc3ccccc3)cc12. The first kappa shape index (κ1) is 20.7. The molecular weight excluding hydrogens is 410 g/mol. The van der Waals surface area contributed by atoms with Crippen molar-refractivity contribution in [2.75, 3.05) is 11.9 Å². The molecule has 0 spiro atoms. The number of hydrogen-bond acceptors (Lipinski definition) is 3. The molecule has 0 aliphatic rings. The van der Waals surface area contributed by atoms with Gasteiger partial charge in [0.25, 0.3) is 0 Å². The third kappa shape index (κ3) is 5.13. The molecule has 0 radical (unpaired) electrons. The molecule has 0 saturated carbocycles. The quantitative estimate of drug-likeness (QED) is 0.378. The number of benzene rings is 3. The van der Waals surface area contributed by atoms with Gasteiger partial charge in [-0.3, -0.25) is 0 Å². The van der Waals surface area contributed by atoms with E-state index < -0.39 is 0 Å². The molecule has 6 heteroatoms. The van der Waals surface area contributed by atoms with E-state index in [1.165, 1.54) is 0 Å². The number of nitrogens with zero attached hydrogens (tertiary/aromatic N) is 1. The van der Waals surface area contributed by atoms with Crippen molar-refractivity contribution < 1.29 is 9.53 Å². The van der Waals surface area contributed by atoms with Gasteiger partial charge in [-0.15, -0.1) is 0 Å². The maximum Gasteiger partial charge on any atom is 0.319 e. The number of pyridine rings is 1. The third-order valence-electron chi connectivity index (χ3n) is 4.76. The van der Waals surface area contributed by atoms with E-state index >= 15 is 0 Å². The molecule has 5 nitrogen and oxygen atoms in total. The smallest absolute Gasteiger partial charge is 0.319 e. The summed E-state index contributed by atoms with van der Waals surface area (Å²) in [6.45, 7) is 2.91. The van der Waals surface area contributed by atoms with E-state index in [4.69, 9.17) is 21.3 Å². The first-order chi connectivity index (χ1) is 15.1. The van der Waals surface area contributed by atoms with Crippen LogP contribution in [0.2, 0.25) is 5.02 Å². The second kappa shape index (κ2) is 9.49. The van der Waals surface area contributed by atoms with Gasteiger partial charge in [0.05, 0.1) is 17.8 Å². The average molecular weight is 432 g/mol. The van der Waals surface area contributed by atoms with E-state index in [-0.39, 0.29) is 6.03 Å². The number of ether oxygens (including phenoxy) is 1. The molecule has 0 atom stereocenters. The Hall–Kier alpha value is -3.57. The number of rotatable bonds is 6. The van der Waals surface area contributed by atoms with Gasteiger partial charge in [-0.2, -0.15) is 0 Å². The van der Waals surface area contributed by atoms with Gasteiger partial charge in [0.15, 0.2) is 0 Å². The number of carbonyl (C=O) groups excluding carboxylic acids is 1. The number of carbonyl (C=O) groups is 1. The summed E-state index contributed by atoms with van der Waals surface area (Å²) in [7, 11) is 0. The van der Waals surface area contributed by atoms with Crippen molar-refractivity contribution >= 4 is 34.2 Å². The van der Waals surface area contributed by atoms with Gasteiger partial charge in [0.2, 0.25) is 0 Å². The third-order valence-corrected chi connectivity index (χ3v) is 5.02. The van der Waals surface area contributed by atoms with Gasteiger partial charge in [-0.25, -0.2) is 9.78 Å². The van der Waals surface area contributed by atoms with Crippen molar-refractivity contribution in [2.24, 2.45) is 0 Å². The lowest BCUT2D eigenvalue weighted by Crippen LogP contribution is -2.28. The summed E-state index contributed by atoms with van der Waals surface area (Å²) in [5, 5.41) is 7.25. The van der Waals surface area contributed by atoms with E-state index in [0.29, 0.717) is 29.6 Å². The summed E-state index contributed by atoms with van der Waals surface area (Å²) >= 11 is 6.01. The number of hydrogen-bond donors (Lipinski definition) is 2. The minimum Gasteiger partial charge on any atom is -0.493 e. The summed E-state index contributed by atoms with van der Waals surface area (Å²) in [6, 6.07) is 24.5. The van der Waals surface area contributed by atoms with Crippen LogP contribution in [0.15, 0.2) is 78.9 Å². The van der Waals surface area contributed by atoms with Crippen molar-refractivity contribution in [2.45, 2.75) is 13.5 Å². The molecule has 0 unspecified atom stereocenters. The van der Waals surface area contributed by atoms with Gasteiger partial charge >= 0.3 is 6.03 Å². The Morgan fingerprint density at radius 1 is 1.00 bits per heavy atom. The Bertz CT molecular complexity index is 1190. The molecule has 31 heavy (non-hydrogen) atoms. The summed E-state index contributed by atoms with van der Waals surface area (Å²) in [6.07, 6.45) is 0. The Labute approximate surface area is 186 Å². The summed E-state index contributed by atoms with van der Waals surface area (Å²) in [5.41, 5.74) is 4.24. The van der Waals surface area contributed by atoms with Crippen molar-refractivity contribution in [3.8, 4) is 17.0 Å². The van der Waals surface area contributed by atoms with Crippen molar-refractivity contribution in [1.82, 2.24) is 10.3 Å². The number of anilines is 1. The first-order valence-corrected chi connectivity index (χ1v) is 10.4. The topological polar surface area (TPSA) is 63.2 Å². The van der Waals surface area contributed by atoms with E-state index in [1.807, 2.05) is 85.8 Å². The fourth-order valence-electron chi connectivity index (χ4n) is 3.27. The second-order valence-electron chi connectivity index (χ2n) is 6.97. The average Bonchev–Trinajstić information content (AvgIpc) is 2.79. The highest BCUT2D eigenvalue weighted by Gasteiger charge is 2.11. The Kier molecular flexibility index (Phi) is 6.34. The van der Waals surface area contributed by atoms with E-state index in [2.05, 4.69) is 10.6 Å². The molecule has 0 bridgehead atoms. The molecule has 1 aromatic heterocycles. The highest BCUT2D eigenvalue weighted by Crippen LogP contribution is 2.32. The maximum atomic E-state index is 12.3. The number of halogens is 1. The molecule has 2 N–H and O–H groups in total. The maximum absolute atomic E-state index is 12.3. The molecule has 156 valence electrons. The molecule has 1 heterocycles. The van der Waals surface area contributed by atoms with Crippen LogP contribution in [0, 0.1) is 0 Å². The van der Waals surface area contributed by atoms with Crippen molar-refractivity contribution in [1.29, 1.82) is 0 Å². The zero-order valence-electron chi connectivity index (χ0n) is 17.1. The lowest BCUT2D eigenvalue weighted by molar-refractivity contribution is 0.251. The van der Waals surface area contributed by atoms with Gasteiger partial charge in [0, 0.05) is 34.3 Å². The lowest BCUT2D eigenvalue weighted by atomic mass is 10.1. The van der Waals surface area contributed by atoms with Crippen LogP contribution in [0.4, 0.5) is 10.5 Å². The molecule has 4 rings (SSSR count). The summed E-state index contributed by atoms with van der Waals surface area (Å²) < 4.78 is 5.88. The van der Waals surface area contributed by atoms with Crippen molar-refractivity contribution in [3.63, 3.8) is 0 Å². The van der Waals surface area contributed by atoms with Crippen LogP contribution in [0.3, 0.4) is 0 Å². The van der Waals surface area contributed by atoms with E-state index in [9.17, 15) is 4.79 Å². The molecule has 0 aliphatic heterocycles. The van der Waals surface area contributed by atoms with Crippen LogP contribution in [-0.4, -0.2) is 17.6 Å². The first-order valence-electron chi connectivity index (χ1n) is 10.0. The highest BCUT2D eigenvalue weighted by molar-refractivity contribution is 6.30. The molecule has 3 aromatic carbocycles. The van der Waals surface area contributed by atoms with Crippen LogP contribution in [0.5, 0.6) is 5.75 Å². The largest absolute Gasteiger partial charge is 0.493 e. The van der Waals surface area contributed by atoms with E-state index in [0.717, 1.165) is 27.7 Å². The zero-order valence-corrected chi connectivity index (χ0v) is 17.8. The lowest BCUT2D eigenvalue weighted by Gasteiger charge is -2.13. The molecule has 0 aliphatic carbocycles. The number of amides is 2. The van der Waals surface area contributed by atoms with Gasteiger partial charge in [-0.1, -0.05) is 54.1 Å². The second-order valence-corrected chi connectivity index (χ2v) is 7.41. The van der Waals surface area contributed by atoms with Crippen LogP contribution in [0.1, 0.15) is 12.5 Å². The minimum atomic E-state index is -0.271. The molecular formula is C25H22ClN3O2. The monoisotopic (exact) mass is 431 g/mol. The Morgan fingerprint density at radius 2 is 1.77 bits per heavy atom. The zero-order chi connectivity index (χ0) is 21.6. The van der Waals surface area contributed by atoms with E-state index in [1.54, 1.807) is 0 Å². The predicted molar refractivity (Wildman–Crippen MR) is 126 cm³/mol. The standard InChI is InChI=1S/C25H22ClN3O2/c1-2-31-24-15-23(18-8-10-19(26)11-9-18)29-22-13-12-20(14-21(22)24)28-25(30)27-16-17-6-4-3-5-7-17/h3-15H,2,16H2,1H3,(H2,27,28,30). The van der Waals surface area contributed by atoms with Crippen LogP contribution in [0.25, 0.3) is 22.2 Å². The van der Waals surface area contributed by atoms with Crippen molar-refractivity contribution in [3.05, 3.63) is 89.4 Å². The predicted octanol–water partition coefficient (Wildman–Crippen LogP) is 6.28. The van der Waals surface area contributed by atoms with Crippen LogP contribution in [-0.2, 0) is 6.54 Å². The fraction of sp³-hybridized carbons (Fsp3) is 0.120. The number of urea groups is 1. The molecule has 0 fully saturated rings. The summed E-state index contributed by atoms with van der Waals surface area (Å²) in [4.78, 5) is 17.1. The molecule has 0 saturated heterocycles. The minimum absolute atomic E-state index is 0.271. The normalized spacial score (nSPS) is 10.6. The number of aromatic nitrogens is 1. The fourth-order valence-corrected chi connectivity index (χ4v) is 3.40. The Morgan fingerprint density at radius 3 is 2.52 bits per heavy atom. The number of fused-ring (bicyclic) bond motifs is 1. The van der Waals surface area contributed by atoms with Crippen LogP contribution >= 0.6 is 11.6 Å². The van der Waals surface area contributed by atoms with Gasteiger partial charge < -0.3 is 15.4 Å². The molecule has 2 amide bonds. The van der Waals surface area contributed by atoms with Crippen LogP contribution < -0.4 is 15.4 Å². The summed E-state index contributed by atoms with van der Waals surface area (Å²) in [5.74, 6) is 0.714. The van der Waals surface area contributed by atoms with Gasteiger partial charge in [-0.05, 0) is 42.8 Å². The molecule has 4 aromatic rings.